The number of methoxy groups -OCH3 is 1. The van der Waals surface area contributed by atoms with Gasteiger partial charge in [-0.15, -0.1) is 11.3 Å². The minimum absolute atomic E-state index is 0.0377. The van der Waals surface area contributed by atoms with Crippen LogP contribution in [0.25, 0.3) is 11.0 Å². The minimum atomic E-state index is -0.575. The number of esters is 1. The summed E-state index contributed by atoms with van der Waals surface area (Å²) in [6.07, 6.45) is 0. The number of hydrogen-bond donors (Lipinski definition) is 0. The zero-order valence-electron chi connectivity index (χ0n) is 16.3. The lowest BCUT2D eigenvalue weighted by atomic mass is 10.2. The van der Waals surface area contributed by atoms with E-state index < -0.39 is 5.97 Å². The molecule has 0 fully saturated rings. The molecule has 2 heterocycles. The van der Waals surface area contributed by atoms with Gasteiger partial charge in [0.2, 0.25) is 11.7 Å². The van der Waals surface area contributed by atoms with Gasteiger partial charge in [-0.25, -0.2) is 9.78 Å². The normalized spacial score (nSPS) is 10.7. The van der Waals surface area contributed by atoms with Gasteiger partial charge >= 0.3 is 5.97 Å². The van der Waals surface area contributed by atoms with Crippen LogP contribution < -0.4 is 9.64 Å². The molecule has 0 atom stereocenters. The molecule has 4 aromatic rings. The maximum Gasteiger partial charge on any atom is 0.374 e. The Morgan fingerprint density at radius 2 is 1.90 bits per heavy atom. The van der Waals surface area contributed by atoms with Gasteiger partial charge in [0.25, 0.3) is 0 Å². The molecule has 0 aliphatic carbocycles. The summed E-state index contributed by atoms with van der Waals surface area (Å²) in [5.74, 6) is -0.0969. The summed E-state index contributed by atoms with van der Waals surface area (Å²) in [6, 6.07) is 16.2. The number of carbonyl (C=O) groups excluding carboxylic acids is 2. The Hall–Kier alpha value is -3.65. The van der Waals surface area contributed by atoms with E-state index in [4.69, 9.17) is 13.9 Å². The molecule has 0 saturated heterocycles. The van der Waals surface area contributed by atoms with Crippen molar-refractivity contribution in [2.24, 2.45) is 0 Å². The van der Waals surface area contributed by atoms with Crippen LogP contribution in [-0.2, 0) is 16.1 Å². The lowest BCUT2D eigenvalue weighted by Crippen LogP contribution is -2.23. The molecule has 0 aliphatic rings. The maximum absolute atomic E-state index is 12.3. The molecule has 1 amide bonds. The molecule has 4 rings (SSSR count). The third-order valence-corrected chi connectivity index (χ3v) is 5.22. The number of benzene rings is 2. The summed E-state index contributed by atoms with van der Waals surface area (Å²) in [4.78, 5) is 30.5. The fourth-order valence-corrected chi connectivity index (χ4v) is 3.84. The number of aromatic nitrogens is 1. The van der Waals surface area contributed by atoms with Crippen molar-refractivity contribution in [2.75, 3.05) is 12.0 Å². The first-order valence-electron chi connectivity index (χ1n) is 9.10. The number of rotatable bonds is 6. The number of ether oxygens (including phenoxy) is 2. The van der Waals surface area contributed by atoms with Crippen LogP contribution in [0.3, 0.4) is 0 Å². The quantitative estimate of drug-likeness (QED) is 0.410. The number of hydrogen-bond acceptors (Lipinski definition) is 7. The summed E-state index contributed by atoms with van der Waals surface area (Å²) in [6.45, 7) is 1.42. The zero-order valence-corrected chi connectivity index (χ0v) is 17.1. The molecule has 2 aromatic carbocycles. The van der Waals surface area contributed by atoms with E-state index in [0.29, 0.717) is 27.8 Å². The fraction of sp³-hybridized carbons (Fsp3) is 0.136. The van der Waals surface area contributed by atoms with Crippen molar-refractivity contribution >= 4 is 45.0 Å². The van der Waals surface area contributed by atoms with Gasteiger partial charge in [0, 0.05) is 17.7 Å². The maximum atomic E-state index is 12.3. The largest absolute Gasteiger partial charge is 0.495 e. The van der Waals surface area contributed by atoms with Gasteiger partial charge in [-0.3, -0.25) is 9.69 Å². The fourth-order valence-electron chi connectivity index (χ4n) is 2.98. The highest BCUT2D eigenvalue weighted by atomic mass is 32.1. The number of fused-ring (bicyclic) bond motifs is 1. The van der Waals surface area contributed by atoms with Gasteiger partial charge in [-0.05, 0) is 24.3 Å². The van der Waals surface area contributed by atoms with E-state index in [9.17, 15) is 9.59 Å². The lowest BCUT2D eigenvalue weighted by molar-refractivity contribution is -0.115. The van der Waals surface area contributed by atoms with Crippen molar-refractivity contribution in [1.82, 2.24) is 4.98 Å². The molecule has 0 N–H and O–H groups in total. The number of para-hydroxylation sites is 3. The van der Waals surface area contributed by atoms with E-state index in [0.717, 1.165) is 5.39 Å². The van der Waals surface area contributed by atoms with E-state index in [1.807, 2.05) is 30.3 Å². The van der Waals surface area contributed by atoms with Crippen molar-refractivity contribution in [2.45, 2.75) is 13.5 Å². The van der Waals surface area contributed by atoms with Crippen molar-refractivity contribution in [3.05, 3.63) is 71.4 Å². The Morgan fingerprint density at radius 1 is 1.13 bits per heavy atom. The zero-order chi connectivity index (χ0) is 21.1. The molecule has 8 heteroatoms. The minimum Gasteiger partial charge on any atom is -0.495 e. The molecule has 2 aromatic heterocycles. The van der Waals surface area contributed by atoms with Gasteiger partial charge in [0.05, 0.1) is 18.5 Å². The predicted octanol–water partition coefficient (Wildman–Crippen LogP) is 4.94. The molecule has 0 radical (unpaired) electrons. The SMILES string of the molecule is COc1ccccc1N(C(C)=O)c1nc(COC(=O)c2cc3ccccc3o2)cs1. The van der Waals surface area contributed by atoms with E-state index in [2.05, 4.69) is 4.98 Å². The standard InChI is InChI=1S/C22H18N2O5S/c1-14(25)24(17-8-4-6-10-19(17)27-2)22-23-16(13-30-22)12-28-21(26)20-11-15-7-3-5-9-18(15)29-20/h3-11,13H,12H2,1-2H3. The second-order valence-corrected chi connectivity index (χ2v) is 7.21. The Bertz CT molecular complexity index is 1180. The Kier molecular flexibility index (Phi) is 5.49. The summed E-state index contributed by atoms with van der Waals surface area (Å²) in [5.41, 5.74) is 1.74. The first kappa shape index (κ1) is 19.7. The van der Waals surface area contributed by atoms with Crippen molar-refractivity contribution in [3.8, 4) is 5.75 Å². The van der Waals surface area contributed by atoms with Crippen LogP contribution in [0.1, 0.15) is 23.2 Å². The van der Waals surface area contributed by atoms with Gasteiger partial charge in [-0.1, -0.05) is 30.3 Å². The molecule has 30 heavy (non-hydrogen) atoms. The highest BCUT2D eigenvalue weighted by Crippen LogP contribution is 2.35. The Labute approximate surface area is 176 Å². The van der Waals surface area contributed by atoms with Crippen molar-refractivity contribution in [1.29, 1.82) is 0 Å². The number of nitrogens with zero attached hydrogens (tertiary/aromatic N) is 2. The molecule has 7 nitrogen and oxygen atoms in total. The van der Waals surface area contributed by atoms with Crippen LogP contribution in [0.4, 0.5) is 10.8 Å². The number of furan rings is 1. The smallest absolute Gasteiger partial charge is 0.374 e. The molecule has 0 bridgehead atoms. The molecule has 152 valence electrons. The molecule has 0 aliphatic heterocycles. The van der Waals surface area contributed by atoms with Gasteiger partial charge in [0.15, 0.2) is 5.13 Å². The van der Waals surface area contributed by atoms with Crippen LogP contribution in [0.5, 0.6) is 5.75 Å². The molecule has 0 unspecified atom stereocenters. The Balaban J connectivity index is 1.50. The number of amides is 1. The van der Waals surface area contributed by atoms with E-state index in [-0.39, 0.29) is 18.3 Å². The van der Waals surface area contributed by atoms with Crippen LogP contribution in [0.15, 0.2) is 64.4 Å². The van der Waals surface area contributed by atoms with Crippen LogP contribution in [0.2, 0.25) is 0 Å². The number of carbonyl (C=O) groups is 2. The summed E-state index contributed by atoms with van der Waals surface area (Å²) in [7, 11) is 1.54. The summed E-state index contributed by atoms with van der Waals surface area (Å²) >= 11 is 1.27. The van der Waals surface area contributed by atoms with E-state index >= 15 is 0 Å². The average Bonchev–Trinajstić information content (AvgIpc) is 3.39. The van der Waals surface area contributed by atoms with Crippen molar-refractivity contribution in [3.63, 3.8) is 0 Å². The first-order chi connectivity index (χ1) is 14.6. The second-order valence-electron chi connectivity index (χ2n) is 6.37. The second kappa shape index (κ2) is 8.38. The van der Waals surface area contributed by atoms with Gasteiger partial charge in [0.1, 0.15) is 17.9 Å². The third-order valence-electron chi connectivity index (χ3n) is 4.35. The van der Waals surface area contributed by atoms with Gasteiger partial charge < -0.3 is 13.9 Å². The summed E-state index contributed by atoms with van der Waals surface area (Å²) < 4.78 is 16.2. The Morgan fingerprint density at radius 3 is 2.67 bits per heavy atom. The summed E-state index contributed by atoms with van der Waals surface area (Å²) in [5, 5.41) is 3.03. The van der Waals surface area contributed by atoms with Crippen LogP contribution in [0, 0.1) is 0 Å². The average molecular weight is 422 g/mol. The molecule has 0 spiro atoms. The van der Waals surface area contributed by atoms with E-state index in [1.165, 1.54) is 23.2 Å². The highest BCUT2D eigenvalue weighted by molar-refractivity contribution is 7.14. The number of anilines is 2. The topological polar surface area (TPSA) is 81.9 Å². The lowest BCUT2D eigenvalue weighted by Gasteiger charge is -2.20. The first-order valence-corrected chi connectivity index (χ1v) is 9.98. The number of thiazole rings is 1. The monoisotopic (exact) mass is 422 g/mol. The van der Waals surface area contributed by atoms with Crippen molar-refractivity contribution < 1.29 is 23.5 Å². The molecular weight excluding hydrogens is 404 g/mol. The van der Waals surface area contributed by atoms with E-state index in [1.54, 1.807) is 36.8 Å². The third kappa shape index (κ3) is 3.90. The predicted molar refractivity (Wildman–Crippen MR) is 113 cm³/mol. The van der Waals surface area contributed by atoms with Crippen LogP contribution >= 0.6 is 11.3 Å². The van der Waals surface area contributed by atoms with Crippen LogP contribution in [-0.4, -0.2) is 24.0 Å². The highest BCUT2D eigenvalue weighted by Gasteiger charge is 2.22. The van der Waals surface area contributed by atoms with Gasteiger partial charge in [-0.2, -0.15) is 0 Å². The molecular formula is C22H18N2O5S. The molecule has 0 saturated carbocycles.